The molecule has 1 amide bonds. The number of nitrogens with one attached hydrogen (secondary N) is 1. The van der Waals surface area contributed by atoms with Gasteiger partial charge in [-0.3, -0.25) is 4.79 Å². The molecule has 0 aromatic heterocycles. The Morgan fingerprint density at radius 2 is 1.70 bits per heavy atom. The standard InChI is InChI=1S/C20H23NO6/c22-17(19(25)16-8-4-7-15(11-16)12-18(23)24)9-10-21-20(26)27-13-14-5-2-1-3-6-14/h1-8,11,17,19,22,25H,9-10,12-13H2,(H,21,26)(H,23,24). The predicted octanol–water partition coefficient (Wildman–Crippen LogP) is 2.02. The lowest BCUT2D eigenvalue weighted by atomic mass is 9.99. The number of ether oxygens (including phenoxy) is 1. The van der Waals surface area contributed by atoms with Crippen molar-refractivity contribution in [3.8, 4) is 0 Å². The minimum Gasteiger partial charge on any atom is -0.481 e. The van der Waals surface area contributed by atoms with E-state index >= 15 is 0 Å². The fourth-order valence-corrected chi connectivity index (χ4v) is 2.54. The van der Waals surface area contributed by atoms with Crippen LogP contribution in [-0.4, -0.2) is 40.0 Å². The van der Waals surface area contributed by atoms with Crippen molar-refractivity contribution in [3.63, 3.8) is 0 Å². The van der Waals surface area contributed by atoms with Gasteiger partial charge in [0, 0.05) is 6.54 Å². The Hall–Kier alpha value is -2.90. The molecule has 0 fully saturated rings. The van der Waals surface area contributed by atoms with Crippen molar-refractivity contribution in [2.24, 2.45) is 0 Å². The van der Waals surface area contributed by atoms with Crippen molar-refractivity contribution in [2.45, 2.75) is 31.7 Å². The normalized spacial score (nSPS) is 12.8. The molecule has 27 heavy (non-hydrogen) atoms. The predicted molar refractivity (Wildman–Crippen MR) is 98.0 cm³/mol. The lowest BCUT2D eigenvalue weighted by Gasteiger charge is -2.19. The Labute approximate surface area is 157 Å². The molecular formula is C20H23NO6. The van der Waals surface area contributed by atoms with Crippen LogP contribution in [-0.2, 0) is 22.6 Å². The lowest BCUT2D eigenvalue weighted by Crippen LogP contribution is -2.29. The highest BCUT2D eigenvalue weighted by Gasteiger charge is 2.19. The molecule has 0 aliphatic rings. The Kier molecular flexibility index (Phi) is 7.79. The van der Waals surface area contributed by atoms with Crippen molar-refractivity contribution in [3.05, 3.63) is 71.3 Å². The molecule has 2 unspecified atom stereocenters. The third-order valence-corrected chi connectivity index (χ3v) is 3.93. The highest BCUT2D eigenvalue weighted by molar-refractivity contribution is 5.70. The smallest absolute Gasteiger partial charge is 0.407 e. The van der Waals surface area contributed by atoms with Crippen molar-refractivity contribution < 1.29 is 29.6 Å². The minimum absolute atomic E-state index is 0.116. The van der Waals surface area contributed by atoms with Crippen LogP contribution in [0, 0.1) is 0 Å². The van der Waals surface area contributed by atoms with Crippen LogP contribution in [0.25, 0.3) is 0 Å². The first-order chi connectivity index (χ1) is 13.0. The Morgan fingerprint density at radius 1 is 1.00 bits per heavy atom. The summed E-state index contributed by atoms with van der Waals surface area (Å²) < 4.78 is 5.06. The second-order valence-electron chi connectivity index (χ2n) is 6.10. The maximum Gasteiger partial charge on any atom is 0.407 e. The first kappa shape index (κ1) is 20.4. The van der Waals surface area contributed by atoms with E-state index in [-0.39, 0.29) is 26.0 Å². The van der Waals surface area contributed by atoms with Crippen LogP contribution in [0.2, 0.25) is 0 Å². The Balaban J connectivity index is 1.75. The van der Waals surface area contributed by atoms with Gasteiger partial charge in [-0.1, -0.05) is 54.6 Å². The summed E-state index contributed by atoms with van der Waals surface area (Å²) in [6.45, 7) is 0.273. The molecule has 2 atom stereocenters. The molecule has 0 aliphatic carbocycles. The molecule has 7 nitrogen and oxygen atoms in total. The summed E-state index contributed by atoms with van der Waals surface area (Å²) in [5.41, 5.74) is 1.83. The first-order valence-electron chi connectivity index (χ1n) is 8.57. The van der Waals surface area contributed by atoms with E-state index < -0.39 is 24.3 Å². The fraction of sp³-hybridized carbons (Fsp3) is 0.300. The number of aliphatic hydroxyl groups excluding tert-OH is 2. The van der Waals surface area contributed by atoms with Gasteiger partial charge in [0.1, 0.15) is 12.7 Å². The number of aliphatic carboxylic acids is 1. The number of amides is 1. The van der Waals surface area contributed by atoms with E-state index in [2.05, 4.69) is 5.32 Å². The molecule has 2 aromatic rings. The highest BCUT2D eigenvalue weighted by Crippen LogP contribution is 2.20. The van der Waals surface area contributed by atoms with Gasteiger partial charge >= 0.3 is 12.1 Å². The molecule has 0 heterocycles. The summed E-state index contributed by atoms with van der Waals surface area (Å²) >= 11 is 0. The molecule has 0 radical (unpaired) electrons. The molecule has 0 aliphatic heterocycles. The molecular weight excluding hydrogens is 350 g/mol. The van der Waals surface area contributed by atoms with Gasteiger partial charge in [0.25, 0.3) is 0 Å². The summed E-state index contributed by atoms with van der Waals surface area (Å²) in [5, 5.41) is 31.7. The largest absolute Gasteiger partial charge is 0.481 e. The van der Waals surface area contributed by atoms with E-state index in [1.54, 1.807) is 24.3 Å². The monoisotopic (exact) mass is 373 g/mol. The number of carbonyl (C=O) groups excluding carboxylic acids is 1. The molecule has 144 valence electrons. The van der Waals surface area contributed by atoms with E-state index in [9.17, 15) is 19.8 Å². The summed E-state index contributed by atoms with van der Waals surface area (Å²) in [4.78, 5) is 22.4. The first-order valence-corrected chi connectivity index (χ1v) is 8.57. The van der Waals surface area contributed by atoms with Gasteiger partial charge < -0.3 is 25.4 Å². The van der Waals surface area contributed by atoms with Gasteiger partial charge in [-0.15, -0.1) is 0 Å². The fourth-order valence-electron chi connectivity index (χ4n) is 2.54. The molecule has 0 bridgehead atoms. The van der Waals surface area contributed by atoms with Gasteiger partial charge in [0.05, 0.1) is 12.5 Å². The van der Waals surface area contributed by atoms with Gasteiger partial charge in [0.2, 0.25) is 0 Å². The van der Waals surface area contributed by atoms with Crippen molar-refractivity contribution in [1.82, 2.24) is 5.32 Å². The maximum atomic E-state index is 11.7. The number of alkyl carbamates (subject to hydrolysis) is 1. The number of aliphatic hydroxyl groups is 2. The van der Waals surface area contributed by atoms with Crippen LogP contribution in [0.4, 0.5) is 4.79 Å². The highest BCUT2D eigenvalue weighted by atomic mass is 16.5. The number of hydrogen-bond acceptors (Lipinski definition) is 5. The number of rotatable bonds is 9. The van der Waals surface area contributed by atoms with Crippen LogP contribution in [0.1, 0.15) is 29.2 Å². The zero-order chi connectivity index (χ0) is 19.6. The molecule has 2 rings (SSSR count). The summed E-state index contributed by atoms with van der Waals surface area (Å²) in [5.74, 6) is -0.972. The van der Waals surface area contributed by atoms with Crippen LogP contribution in [0.5, 0.6) is 0 Å². The third kappa shape index (κ3) is 7.08. The van der Waals surface area contributed by atoms with Crippen LogP contribution < -0.4 is 5.32 Å². The zero-order valence-corrected chi connectivity index (χ0v) is 14.7. The van der Waals surface area contributed by atoms with E-state index in [0.29, 0.717) is 11.1 Å². The Bertz CT molecular complexity index is 749. The number of carbonyl (C=O) groups is 2. The van der Waals surface area contributed by atoms with Crippen LogP contribution in [0.15, 0.2) is 54.6 Å². The Morgan fingerprint density at radius 3 is 2.41 bits per heavy atom. The SMILES string of the molecule is O=C(O)Cc1cccc(C(O)C(O)CCNC(=O)OCc2ccccc2)c1. The van der Waals surface area contributed by atoms with Gasteiger partial charge in [-0.2, -0.15) is 0 Å². The van der Waals surface area contributed by atoms with Gasteiger partial charge in [-0.05, 0) is 23.1 Å². The summed E-state index contributed by atoms with van der Waals surface area (Å²) in [6.07, 6.45) is -2.94. The second kappa shape index (κ2) is 10.3. The van der Waals surface area contributed by atoms with Gasteiger partial charge in [-0.25, -0.2) is 4.79 Å². The van der Waals surface area contributed by atoms with Crippen molar-refractivity contribution >= 4 is 12.1 Å². The summed E-state index contributed by atoms with van der Waals surface area (Å²) in [7, 11) is 0. The second-order valence-corrected chi connectivity index (χ2v) is 6.10. The average Bonchev–Trinajstić information content (AvgIpc) is 2.66. The molecule has 0 saturated carbocycles. The van der Waals surface area contributed by atoms with Crippen LogP contribution >= 0.6 is 0 Å². The third-order valence-electron chi connectivity index (χ3n) is 3.93. The molecule has 7 heteroatoms. The van der Waals surface area contributed by atoms with Crippen molar-refractivity contribution in [2.75, 3.05) is 6.54 Å². The van der Waals surface area contributed by atoms with E-state index in [0.717, 1.165) is 5.56 Å². The topological polar surface area (TPSA) is 116 Å². The van der Waals surface area contributed by atoms with Crippen molar-refractivity contribution in [1.29, 1.82) is 0 Å². The molecule has 2 aromatic carbocycles. The van der Waals surface area contributed by atoms with E-state index in [4.69, 9.17) is 9.84 Å². The molecule has 4 N–H and O–H groups in total. The number of carboxylic acid groups (broad SMARTS) is 1. The van der Waals surface area contributed by atoms with Gasteiger partial charge in [0.15, 0.2) is 0 Å². The zero-order valence-electron chi connectivity index (χ0n) is 14.7. The minimum atomic E-state index is -1.18. The number of carboxylic acids is 1. The average molecular weight is 373 g/mol. The van der Waals surface area contributed by atoms with E-state index in [1.165, 1.54) is 0 Å². The number of hydrogen-bond donors (Lipinski definition) is 4. The quantitative estimate of drug-likeness (QED) is 0.534. The van der Waals surface area contributed by atoms with E-state index in [1.807, 2.05) is 30.3 Å². The van der Waals surface area contributed by atoms with Crippen LogP contribution in [0.3, 0.4) is 0 Å². The maximum absolute atomic E-state index is 11.7. The lowest BCUT2D eigenvalue weighted by molar-refractivity contribution is -0.136. The molecule has 0 spiro atoms. The summed E-state index contributed by atoms with van der Waals surface area (Å²) in [6, 6.07) is 15.7. The number of benzene rings is 2. The molecule has 0 saturated heterocycles.